The molecule has 0 bridgehead atoms. The van der Waals surface area contributed by atoms with Crippen molar-refractivity contribution in [1.29, 1.82) is 0 Å². The number of ether oxygens (including phenoxy) is 1. The Balaban J connectivity index is 1.48. The number of aliphatic hydroxyl groups is 1. The summed E-state index contributed by atoms with van der Waals surface area (Å²) < 4.78 is 33.8. The molecule has 1 saturated carbocycles. The van der Waals surface area contributed by atoms with E-state index in [0.29, 0.717) is 0 Å². The first-order chi connectivity index (χ1) is 14.5. The maximum atomic E-state index is 14.5. The Labute approximate surface area is 183 Å². The molecule has 2 aliphatic rings. The van der Waals surface area contributed by atoms with Gasteiger partial charge in [-0.05, 0) is 62.5 Å². The minimum Gasteiger partial charge on any atom is -0.491 e. The van der Waals surface area contributed by atoms with E-state index >= 15 is 0 Å². The van der Waals surface area contributed by atoms with Crippen LogP contribution in [0.1, 0.15) is 83.3 Å². The largest absolute Gasteiger partial charge is 0.491 e. The lowest BCUT2D eigenvalue weighted by molar-refractivity contribution is 0.0593. The van der Waals surface area contributed by atoms with E-state index < -0.39 is 26.5 Å². The lowest BCUT2D eigenvalue weighted by atomic mass is 9.72. The topological polar surface area (TPSA) is 29.5 Å². The van der Waals surface area contributed by atoms with Crippen molar-refractivity contribution in [3.8, 4) is 5.75 Å². The predicted octanol–water partition coefficient (Wildman–Crippen LogP) is 7.03. The van der Waals surface area contributed by atoms with Crippen LogP contribution in [0, 0.1) is 29.4 Å². The van der Waals surface area contributed by atoms with Crippen LogP contribution in [0.4, 0.5) is 8.78 Å². The van der Waals surface area contributed by atoms with Gasteiger partial charge in [-0.25, -0.2) is 4.39 Å². The smallest absolute Gasteiger partial charge is 0.200 e. The van der Waals surface area contributed by atoms with Gasteiger partial charge in [0.05, 0.1) is 12.7 Å². The Morgan fingerprint density at radius 3 is 2.27 bits per heavy atom. The average Bonchev–Trinajstić information content (AvgIpc) is 2.78. The minimum atomic E-state index is -0.984. The van der Waals surface area contributed by atoms with Crippen LogP contribution in [0.25, 0.3) is 0 Å². The van der Waals surface area contributed by atoms with E-state index in [9.17, 15) is 13.9 Å². The van der Waals surface area contributed by atoms with E-state index in [1.54, 1.807) is 13.0 Å². The summed E-state index contributed by atoms with van der Waals surface area (Å²) in [5.41, 5.74) is 0.0815. The van der Waals surface area contributed by atoms with Crippen molar-refractivity contribution in [3.63, 3.8) is 0 Å². The highest BCUT2D eigenvalue weighted by Gasteiger charge is 2.34. The van der Waals surface area contributed by atoms with Crippen LogP contribution < -0.4 is 4.74 Å². The first-order valence-corrected chi connectivity index (χ1v) is 14.8. The molecule has 0 amide bonds. The van der Waals surface area contributed by atoms with Crippen molar-refractivity contribution in [2.75, 3.05) is 6.61 Å². The monoisotopic (exact) mass is 438 g/mol. The van der Waals surface area contributed by atoms with Crippen LogP contribution in [0.5, 0.6) is 5.75 Å². The maximum absolute atomic E-state index is 14.5. The third-order valence-electron chi connectivity index (χ3n) is 7.73. The van der Waals surface area contributed by atoms with Crippen LogP contribution in [-0.4, -0.2) is 20.5 Å². The molecule has 1 aromatic rings. The summed E-state index contributed by atoms with van der Waals surface area (Å²) in [6.07, 6.45) is 10.1. The highest BCUT2D eigenvalue weighted by atomic mass is 28.3. The highest BCUT2D eigenvalue weighted by molar-refractivity contribution is 6.58. The van der Waals surface area contributed by atoms with Crippen molar-refractivity contribution >= 4 is 8.80 Å². The molecule has 1 saturated heterocycles. The Hall–Kier alpha value is -0.943. The van der Waals surface area contributed by atoms with Crippen molar-refractivity contribution in [2.45, 2.75) is 95.9 Å². The van der Waals surface area contributed by atoms with Crippen LogP contribution in [0.3, 0.4) is 0 Å². The van der Waals surface area contributed by atoms with Crippen LogP contribution in [0.15, 0.2) is 12.1 Å². The number of benzene rings is 1. The molecular weight excluding hydrogens is 398 g/mol. The molecule has 0 spiro atoms. The Morgan fingerprint density at radius 2 is 1.63 bits per heavy atom. The van der Waals surface area contributed by atoms with E-state index in [0.717, 1.165) is 37.5 Å². The second kappa shape index (κ2) is 11.6. The number of hydrogen-bond donors (Lipinski definition) is 1. The molecule has 0 aromatic heterocycles. The zero-order valence-corrected chi connectivity index (χ0v) is 20.0. The van der Waals surface area contributed by atoms with Gasteiger partial charge in [0, 0.05) is 14.4 Å². The molecule has 1 heterocycles. The number of halogens is 2. The minimum absolute atomic E-state index is 0.0212. The summed E-state index contributed by atoms with van der Waals surface area (Å²) in [5.74, 6) is -0.376. The van der Waals surface area contributed by atoms with Gasteiger partial charge in [0.1, 0.15) is 0 Å². The fourth-order valence-electron chi connectivity index (χ4n) is 5.86. The molecule has 1 aliphatic heterocycles. The molecule has 1 aliphatic carbocycles. The number of hydrogen-bond acceptors (Lipinski definition) is 2. The number of rotatable bonds is 9. The molecule has 1 atom stereocenters. The van der Waals surface area contributed by atoms with Gasteiger partial charge in [-0.15, -0.1) is 0 Å². The molecule has 170 valence electrons. The summed E-state index contributed by atoms with van der Waals surface area (Å²) >= 11 is 0. The summed E-state index contributed by atoms with van der Waals surface area (Å²) in [6, 6.07) is 7.52. The zero-order valence-electron chi connectivity index (χ0n) is 18.8. The molecule has 30 heavy (non-hydrogen) atoms. The van der Waals surface area contributed by atoms with E-state index in [1.807, 2.05) is 0 Å². The van der Waals surface area contributed by atoms with Crippen molar-refractivity contribution in [3.05, 3.63) is 29.3 Å². The van der Waals surface area contributed by atoms with Crippen molar-refractivity contribution in [2.24, 2.45) is 17.8 Å². The Kier molecular flexibility index (Phi) is 9.18. The predicted molar refractivity (Wildman–Crippen MR) is 122 cm³/mol. The van der Waals surface area contributed by atoms with Gasteiger partial charge in [-0.3, -0.25) is 0 Å². The first kappa shape index (κ1) is 23.7. The lowest BCUT2D eigenvalue weighted by Gasteiger charge is -2.38. The maximum Gasteiger partial charge on any atom is 0.200 e. The Bertz CT molecular complexity index is 653. The Morgan fingerprint density at radius 1 is 0.967 bits per heavy atom. The van der Waals surface area contributed by atoms with Gasteiger partial charge >= 0.3 is 0 Å². The summed E-state index contributed by atoms with van der Waals surface area (Å²) in [4.78, 5) is 0. The van der Waals surface area contributed by atoms with Gasteiger partial charge in [0.25, 0.3) is 0 Å². The normalized spacial score (nSPS) is 28.3. The van der Waals surface area contributed by atoms with Crippen LogP contribution in [0.2, 0.25) is 18.1 Å². The van der Waals surface area contributed by atoms with Crippen LogP contribution in [-0.2, 0) is 0 Å². The van der Waals surface area contributed by atoms with Gasteiger partial charge in [-0.2, -0.15) is 4.39 Å². The fourth-order valence-corrected chi connectivity index (χ4v) is 9.39. The van der Waals surface area contributed by atoms with Gasteiger partial charge < -0.3 is 9.84 Å². The molecular formula is C25H40F2O2Si. The second-order valence-electron chi connectivity index (χ2n) is 9.61. The second-order valence-corrected chi connectivity index (χ2v) is 13.1. The number of aliphatic hydroxyl groups excluding tert-OH is 1. The molecule has 0 radical (unpaired) electrons. The summed E-state index contributed by atoms with van der Waals surface area (Å²) in [6.45, 7) is 4.30. The molecule has 5 heteroatoms. The van der Waals surface area contributed by atoms with Gasteiger partial charge in [0.15, 0.2) is 11.6 Å². The summed E-state index contributed by atoms with van der Waals surface area (Å²) in [5, 5.41) is 10.8. The molecule has 3 rings (SSSR count). The molecule has 2 fully saturated rings. The van der Waals surface area contributed by atoms with E-state index in [-0.39, 0.29) is 23.8 Å². The van der Waals surface area contributed by atoms with E-state index in [2.05, 4.69) is 6.92 Å². The van der Waals surface area contributed by atoms with E-state index in [1.165, 1.54) is 56.3 Å². The third-order valence-corrected chi connectivity index (χ3v) is 11.3. The third kappa shape index (κ3) is 5.85. The summed E-state index contributed by atoms with van der Waals surface area (Å²) in [7, 11) is -0.468. The SMILES string of the molecule is CCCCC[SiH]1CCC(C2CCC(C(O)c3ccc(OCC)c(F)c3F)CC2)CC1. The van der Waals surface area contributed by atoms with Gasteiger partial charge in [-0.1, -0.05) is 57.2 Å². The molecule has 1 aromatic carbocycles. The van der Waals surface area contributed by atoms with Crippen molar-refractivity contribution in [1.82, 2.24) is 0 Å². The zero-order chi connectivity index (χ0) is 21.5. The standard InChI is InChI=1S/C25H40F2O2Si/c1-3-5-6-15-30-16-13-19(14-17-30)18-7-9-20(10-8-18)25(28)21-11-12-22(29-4-2)24(27)23(21)26/h11-12,18-20,25,28,30H,3-10,13-17H2,1-2H3. The van der Waals surface area contributed by atoms with E-state index in [4.69, 9.17) is 4.74 Å². The quantitative estimate of drug-likeness (QED) is 0.331. The lowest BCUT2D eigenvalue weighted by Crippen LogP contribution is -2.29. The van der Waals surface area contributed by atoms with Crippen molar-refractivity contribution < 1.29 is 18.6 Å². The average molecular weight is 439 g/mol. The molecule has 1 N–H and O–H groups in total. The fraction of sp³-hybridized carbons (Fsp3) is 0.760. The highest BCUT2D eigenvalue weighted by Crippen LogP contribution is 2.44. The van der Waals surface area contributed by atoms with Gasteiger partial charge in [0.2, 0.25) is 5.82 Å². The number of unbranched alkanes of at least 4 members (excludes halogenated alkanes) is 2. The molecule has 2 nitrogen and oxygen atoms in total. The first-order valence-electron chi connectivity index (χ1n) is 12.3. The van der Waals surface area contributed by atoms with Crippen LogP contribution >= 0.6 is 0 Å². The molecule has 1 unspecified atom stereocenters.